The van der Waals surface area contributed by atoms with E-state index in [4.69, 9.17) is 23.9 Å². The van der Waals surface area contributed by atoms with E-state index < -0.39 is 53.4 Å². The van der Waals surface area contributed by atoms with Crippen LogP contribution in [0.2, 0.25) is 0 Å². The van der Waals surface area contributed by atoms with Crippen LogP contribution in [0, 0.1) is 29.6 Å². The van der Waals surface area contributed by atoms with E-state index in [1.165, 1.54) is 0 Å². The minimum absolute atomic E-state index is 0.00565. The monoisotopic (exact) mass is 590 g/mol. The highest BCUT2D eigenvalue weighted by atomic mass is 16.6. The lowest BCUT2D eigenvalue weighted by atomic mass is 9.68. The second-order valence-corrected chi connectivity index (χ2v) is 13.4. The number of ketones is 1. The summed E-state index contributed by atoms with van der Waals surface area (Å²) in [6.45, 7) is 13.7. The molecule has 1 N–H and O–H groups in total. The van der Waals surface area contributed by atoms with Gasteiger partial charge in [0.2, 0.25) is 0 Å². The number of aromatic nitrogens is 1. The Morgan fingerprint density at radius 2 is 1.81 bits per heavy atom. The summed E-state index contributed by atoms with van der Waals surface area (Å²) in [4.78, 5) is 45.1. The second kappa shape index (κ2) is 10.6. The highest BCUT2D eigenvalue weighted by Crippen LogP contribution is 2.55. The quantitative estimate of drug-likeness (QED) is 0.445. The number of hydrogen-bond donors (Lipinski definition) is 1. The number of nitrogens with zero attached hydrogens (tertiary/aromatic N) is 1. The van der Waals surface area contributed by atoms with Crippen LogP contribution in [0.3, 0.4) is 0 Å². The molecule has 2 aromatic rings. The van der Waals surface area contributed by atoms with E-state index in [9.17, 15) is 14.4 Å². The van der Waals surface area contributed by atoms with Crippen LogP contribution in [0.1, 0.15) is 73.0 Å². The van der Waals surface area contributed by atoms with Gasteiger partial charge in [0.05, 0.1) is 23.8 Å². The van der Waals surface area contributed by atoms with Gasteiger partial charge in [-0.25, -0.2) is 4.79 Å². The zero-order valence-electron chi connectivity index (χ0n) is 26.0. The Hall–Kier alpha value is -3.46. The third kappa shape index (κ3) is 4.71. The van der Waals surface area contributed by atoms with Gasteiger partial charge in [-0.2, -0.15) is 0 Å². The third-order valence-electron chi connectivity index (χ3n) is 10.5. The minimum atomic E-state index is -1.22. The van der Waals surface area contributed by atoms with Gasteiger partial charge in [-0.15, -0.1) is 0 Å². The molecule has 2 fully saturated rings. The van der Waals surface area contributed by atoms with Crippen LogP contribution >= 0.6 is 0 Å². The van der Waals surface area contributed by atoms with E-state index >= 15 is 0 Å². The predicted octanol–water partition coefficient (Wildman–Crippen LogP) is 5.67. The minimum Gasteiger partial charge on any atom is -0.489 e. The van der Waals surface area contributed by atoms with Crippen molar-refractivity contribution in [3.63, 3.8) is 0 Å². The van der Waals surface area contributed by atoms with Gasteiger partial charge in [0.1, 0.15) is 29.7 Å². The molecule has 9 nitrogen and oxygen atoms in total. The molecule has 4 aliphatic heterocycles. The Morgan fingerprint density at radius 3 is 2.56 bits per heavy atom. The number of para-hydroxylation sites is 1. The number of esters is 1. The Kier molecular flexibility index (Phi) is 7.31. The van der Waals surface area contributed by atoms with E-state index in [1.54, 1.807) is 13.8 Å². The molecule has 6 rings (SSSR count). The summed E-state index contributed by atoms with van der Waals surface area (Å²) in [6.07, 6.45) is 0.946. The summed E-state index contributed by atoms with van der Waals surface area (Å²) in [5.41, 5.74) is 0.842. The van der Waals surface area contributed by atoms with E-state index in [1.807, 2.05) is 58.2 Å². The average Bonchev–Trinajstić information content (AvgIpc) is 3.50. The fraction of sp³-hybridized carbons (Fsp3) is 0.588. The number of ether oxygens (including phenoxy) is 4. The maximum absolute atomic E-state index is 14.0. The lowest BCUT2D eigenvalue weighted by Gasteiger charge is -2.44. The highest BCUT2D eigenvalue weighted by Gasteiger charge is 2.59. The SMILES string of the molecule is CC[C@@H]1OC(=O)[C@H](C)C2=C(C)[C@H]3[C@@H](CO[C@]3(C)C[C@@H](C)C(=O)[C@H](C)[C@H]3NC(=O)O[C@]13C)[C@@H](c1cnc3ccccc3c1)O2. The van der Waals surface area contributed by atoms with Gasteiger partial charge in [-0.1, -0.05) is 39.0 Å². The van der Waals surface area contributed by atoms with Crippen molar-refractivity contribution in [2.75, 3.05) is 6.61 Å². The maximum Gasteiger partial charge on any atom is 0.408 e. The zero-order chi connectivity index (χ0) is 30.8. The molecule has 10 atom stereocenters. The summed E-state index contributed by atoms with van der Waals surface area (Å²) < 4.78 is 25.3. The van der Waals surface area contributed by atoms with Gasteiger partial charge in [-0.3, -0.25) is 14.6 Å². The first-order valence-corrected chi connectivity index (χ1v) is 15.5. The van der Waals surface area contributed by atoms with Crippen molar-refractivity contribution in [1.29, 1.82) is 0 Å². The molecule has 0 aliphatic carbocycles. The van der Waals surface area contributed by atoms with Crippen molar-refractivity contribution in [2.24, 2.45) is 29.6 Å². The number of fused-ring (bicyclic) bond motifs is 2. The number of rotatable bonds is 2. The van der Waals surface area contributed by atoms with E-state index in [2.05, 4.69) is 18.3 Å². The molecule has 2 bridgehead atoms. The Morgan fingerprint density at radius 1 is 1.07 bits per heavy atom. The number of hydrogen-bond acceptors (Lipinski definition) is 8. The van der Waals surface area contributed by atoms with Crippen LogP contribution in [-0.2, 0) is 28.5 Å². The molecule has 0 saturated carbocycles. The van der Waals surface area contributed by atoms with Crippen molar-refractivity contribution in [1.82, 2.24) is 10.3 Å². The van der Waals surface area contributed by atoms with Crippen molar-refractivity contribution in [3.05, 3.63) is 53.4 Å². The van der Waals surface area contributed by atoms with Gasteiger partial charge in [-0.05, 0) is 58.2 Å². The van der Waals surface area contributed by atoms with Crippen LogP contribution in [0.5, 0.6) is 0 Å². The summed E-state index contributed by atoms with van der Waals surface area (Å²) in [7, 11) is 0. The standard InChI is InChI=1S/C34H42N2O7/c1-8-25-34(7)30(36-32(39)43-34)19(4)27(37)17(2)14-33(6)26-18(3)28(20(5)31(38)41-25)42-29(23(26)16-40-33)22-13-21-11-9-10-12-24(21)35-15-22/h9-13,15,17,19-20,23,25-26,29-30H,8,14,16H2,1-7H3,(H,36,39)/t17-,19+,20-,23-,25+,26+,29-,30-,33-,34-/m1/s1. The van der Waals surface area contributed by atoms with Crippen LogP contribution in [0.15, 0.2) is 47.9 Å². The number of Topliss-reactive ketones (excluding diaryl/α,β-unsaturated/α-hetero) is 1. The number of pyridine rings is 1. The van der Waals surface area contributed by atoms with Crippen molar-refractivity contribution in [2.45, 2.75) is 90.8 Å². The molecule has 4 aliphatic rings. The number of nitrogens with one attached hydrogen (secondary N) is 1. The van der Waals surface area contributed by atoms with Crippen molar-refractivity contribution >= 4 is 28.7 Å². The molecule has 1 aromatic heterocycles. The van der Waals surface area contributed by atoms with Gasteiger partial charge in [0, 0.05) is 40.8 Å². The number of carbonyl (C=O) groups excluding carboxylic acids is 3. The molecule has 9 heteroatoms. The Balaban J connectivity index is 1.46. The summed E-state index contributed by atoms with van der Waals surface area (Å²) in [5, 5.41) is 3.85. The first kappa shape index (κ1) is 29.6. The first-order chi connectivity index (χ1) is 20.4. The summed E-state index contributed by atoms with van der Waals surface area (Å²) >= 11 is 0. The van der Waals surface area contributed by atoms with Gasteiger partial charge < -0.3 is 24.3 Å². The Labute approximate surface area is 252 Å². The fourth-order valence-corrected chi connectivity index (χ4v) is 8.35. The van der Waals surface area contributed by atoms with Crippen LogP contribution in [0.4, 0.5) is 4.79 Å². The molecule has 0 spiro atoms. The zero-order valence-corrected chi connectivity index (χ0v) is 26.0. The molecule has 2 saturated heterocycles. The third-order valence-corrected chi connectivity index (χ3v) is 10.5. The topological polar surface area (TPSA) is 113 Å². The largest absolute Gasteiger partial charge is 0.489 e. The van der Waals surface area contributed by atoms with E-state index in [0.29, 0.717) is 25.2 Å². The molecule has 1 aromatic carbocycles. The molecular formula is C34H42N2O7. The van der Waals surface area contributed by atoms with Crippen LogP contribution in [0.25, 0.3) is 10.9 Å². The van der Waals surface area contributed by atoms with Gasteiger partial charge >= 0.3 is 12.1 Å². The number of carbonyl (C=O) groups is 3. The molecule has 0 unspecified atom stereocenters. The highest BCUT2D eigenvalue weighted by molar-refractivity contribution is 5.85. The number of benzene rings is 1. The molecule has 230 valence electrons. The van der Waals surface area contributed by atoms with E-state index in [0.717, 1.165) is 22.0 Å². The van der Waals surface area contributed by atoms with Crippen LogP contribution in [-0.4, -0.2) is 52.8 Å². The van der Waals surface area contributed by atoms with Crippen LogP contribution < -0.4 is 5.32 Å². The second-order valence-electron chi connectivity index (χ2n) is 13.4. The predicted molar refractivity (Wildman–Crippen MR) is 159 cm³/mol. The Bertz CT molecular complexity index is 1500. The number of amides is 1. The molecule has 1 amide bonds. The van der Waals surface area contributed by atoms with Crippen molar-refractivity contribution in [3.8, 4) is 0 Å². The molecule has 5 heterocycles. The fourth-order valence-electron chi connectivity index (χ4n) is 8.35. The van der Waals surface area contributed by atoms with E-state index in [-0.39, 0.29) is 23.5 Å². The summed E-state index contributed by atoms with van der Waals surface area (Å²) in [6, 6.07) is 9.39. The summed E-state index contributed by atoms with van der Waals surface area (Å²) in [5.74, 6) is -1.69. The molecular weight excluding hydrogens is 548 g/mol. The van der Waals surface area contributed by atoms with Crippen molar-refractivity contribution < 1.29 is 33.3 Å². The molecule has 0 radical (unpaired) electrons. The lowest BCUT2D eigenvalue weighted by Crippen LogP contribution is -2.57. The molecule has 43 heavy (non-hydrogen) atoms. The number of alkyl carbamates (subject to hydrolysis) is 1. The normalized spacial score (nSPS) is 39.8. The first-order valence-electron chi connectivity index (χ1n) is 15.5. The van der Waals surface area contributed by atoms with Gasteiger partial charge in [0.15, 0.2) is 5.60 Å². The lowest BCUT2D eigenvalue weighted by molar-refractivity contribution is -0.169. The maximum atomic E-state index is 14.0. The van der Waals surface area contributed by atoms with Gasteiger partial charge in [0.25, 0.3) is 0 Å². The number of cyclic esters (lactones) is 1. The average molecular weight is 591 g/mol. The smallest absolute Gasteiger partial charge is 0.408 e.